The van der Waals surface area contributed by atoms with Gasteiger partial charge in [-0.15, -0.1) is 0 Å². The minimum absolute atomic E-state index is 0.0955. The highest BCUT2D eigenvalue weighted by Gasteiger charge is 2.44. The number of benzene rings is 1. The first-order valence-corrected chi connectivity index (χ1v) is 10.7. The highest BCUT2D eigenvalue weighted by atomic mass is 19.4. The number of hydrogen-bond acceptors (Lipinski definition) is 5. The van der Waals surface area contributed by atoms with E-state index in [0.717, 1.165) is 64.1 Å². The second-order valence-electron chi connectivity index (χ2n) is 8.58. The lowest BCUT2D eigenvalue weighted by Gasteiger charge is -2.38. The summed E-state index contributed by atoms with van der Waals surface area (Å²) in [4.78, 5) is 23.4. The quantitative estimate of drug-likeness (QED) is 0.706. The molecule has 1 amide bonds. The third kappa shape index (κ3) is 6.59. The predicted octanol–water partition coefficient (Wildman–Crippen LogP) is 2.98. The Morgan fingerprint density at radius 1 is 1.28 bits per heavy atom. The topological polar surface area (TPSA) is 88.1 Å². The van der Waals surface area contributed by atoms with Crippen molar-refractivity contribution in [3.05, 3.63) is 29.8 Å². The lowest BCUT2D eigenvalue weighted by atomic mass is 9.89. The fraction of sp³-hybridized carbons (Fsp3) is 0.636. The number of carbonyl (C=O) groups excluding carboxylic acids is 1. The number of para-hydroxylation sites is 1. The molecule has 2 saturated heterocycles. The zero-order valence-corrected chi connectivity index (χ0v) is 18.0. The van der Waals surface area contributed by atoms with Gasteiger partial charge in [-0.2, -0.15) is 13.2 Å². The van der Waals surface area contributed by atoms with Crippen LogP contribution in [0.1, 0.15) is 37.7 Å². The van der Waals surface area contributed by atoms with Crippen molar-refractivity contribution in [3.8, 4) is 5.75 Å². The van der Waals surface area contributed by atoms with E-state index in [1.165, 1.54) is 5.56 Å². The molecular formula is C22H29F3N2O5. The Morgan fingerprint density at radius 3 is 2.59 bits per heavy atom. The maximum Gasteiger partial charge on any atom is 0.490 e. The van der Waals surface area contributed by atoms with Crippen molar-refractivity contribution in [2.45, 2.75) is 56.5 Å². The lowest BCUT2D eigenvalue weighted by Crippen LogP contribution is -2.50. The molecule has 3 fully saturated rings. The number of aliphatic carboxylic acids is 1. The summed E-state index contributed by atoms with van der Waals surface area (Å²) in [5.41, 5.74) is 1.12. The average molecular weight is 458 g/mol. The summed E-state index contributed by atoms with van der Waals surface area (Å²) in [7, 11) is 1.72. The Bertz CT molecular complexity index is 815. The number of hydrogen-bond donors (Lipinski definition) is 2. The molecule has 2 atom stereocenters. The van der Waals surface area contributed by atoms with Gasteiger partial charge in [0.05, 0.1) is 12.7 Å². The largest absolute Gasteiger partial charge is 0.496 e. The number of rotatable bonds is 5. The highest BCUT2D eigenvalue weighted by molar-refractivity contribution is 5.81. The van der Waals surface area contributed by atoms with Crippen LogP contribution in [-0.4, -0.2) is 66.5 Å². The number of carboxylic acids is 1. The van der Waals surface area contributed by atoms with Gasteiger partial charge in [-0.3, -0.25) is 9.69 Å². The van der Waals surface area contributed by atoms with Crippen LogP contribution in [0.3, 0.4) is 0 Å². The van der Waals surface area contributed by atoms with Crippen LogP contribution >= 0.6 is 0 Å². The molecule has 0 radical (unpaired) electrons. The molecule has 4 rings (SSSR count). The van der Waals surface area contributed by atoms with Crippen LogP contribution < -0.4 is 10.1 Å². The molecule has 178 valence electrons. The molecule has 0 bridgehead atoms. The van der Waals surface area contributed by atoms with Crippen molar-refractivity contribution in [1.82, 2.24) is 10.2 Å². The van der Waals surface area contributed by atoms with Gasteiger partial charge in [-0.25, -0.2) is 4.79 Å². The number of carbonyl (C=O) groups is 2. The number of ether oxygens (including phenoxy) is 2. The third-order valence-electron chi connectivity index (χ3n) is 6.01. The van der Waals surface area contributed by atoms with E-state index in [4.69, 9.17) is 19.4 Å². The number of halogens is 3. The number of nitrogens with zero attached hydrogens (tertiary/aromatic N) is 1. The normalized spacial score (nSPS) is 25.7. The van der Waals surface area contributed by atoms with Crippen molar-refractivity contribution in [2.75, 3.05) is 26.8 Å². The van der Waals surface area contributed by atoms with Crippen molar-refractivity contribution < 1.29 is 37.3 Å². The molecule has 7 nitrogen and oxygen atoms in total. The first-order chi connectivity index (χ1) is 15.1. The van der Waals surface area contributed by atoms with E-state index in [-0.39, 0.29) is 23.5 Å². The van der Waals surface area contributed by atoms with Crippen LogP contribution in [-0.2, 0) is 20.9 Å². The SMILES string of the molecule is COc1ccccc1CN1CC[C@@]2(C[C@@H](NC(=O)C3CC3)CCO2)C1.O=C(O)C(F)(F)F. The second kappa shape index (κ2) is 10.1. The first-order valence-electron chi connectivity index (χ1n) is 10.7. The predicted molar refractivity (Wildman–Crippen MR) is 109 cm³/mol. The van der Waals surface area contributed by atoms with Crippen LogP contribution in [0, 0.1) is 5.92 Å². The van der Waals surface area contributed by atoms with Gasteiger partial charge in [-0.1, -0.05) is 18.2 Å². The molecule has 3 aliphatic rings. The zero-order chi connectivity index (χ0) is 23.4. The molecule has 1 aliphatic carbocycles. The van der Waals surface area contributed by atoms with E-state index >= 15 is 0 Å². The molecule has 2 N–H and O–H groups in total. The maximum atomic E-state index is 12.1. The molecule has 0 aromatic heterocycles. The summed E-state index contributed by atoms with van der Waals surface area (Å²) in [5, 5.41) is 10.4. The molecule has 0 unspecified atom stereocenters. The fourth-order valence-electron chi connectivity index (χ4n) is 4.24. The molecule has 1 saturated carbocycles. The van der Waals surface area contributed by atoms with E-state index in [9.17, 15) is 18.0 Å². The Balaban J connectivity index is 0.000000360. The number of nitrogens with one attached hydrogen (secondary N) is 1. The Hall–Kier alpha value is -2.33. The zero-order valence-electron chi connectivity index (χ0n) is 18.0. The van der Waals surface area contributed by atoms with Gasteiger partial charge >= 0.3 is 12.1 Å². The van der Waals surface area contributed by atoms with Gasteiger partial charge in [0.15, 0.2) is 0 Å². The molecule has 1 spiro atoms. The third-order valence-corrected chi connectivity index (χ3v) is 6.01. The summed E-state index contributed by atoms with van der Waals surface area (Å²) in [5.74, 6) is -1.27. The van der Waals surface area contributed by atoms with Gasteiger partial charge in [-0.05, 0) is 38.2 Å². The van der Waals surface area contributed by atoms with Crippen molar-refractivity contribution in [1.29, 1.82) is 0 Å². The smallest absolute Gasteiger partial charge is 0.490 e. The Morgan fingerprint density at radius 2 is 1.97 bits per heavy atom. The second-order valence-corrected chi connectivity index (χ2v) is 8.58. The summed E-state index contributed by atoms with van der Waals surface area (Å²) in [6.45, 7) is 3.59. The van der Waals surface area contributed by atoms with Crippen LogP contribution in [0.15, 0.2) is 24.3 Å². The van der Waals surface area contributed by atoms with Gasteiger partial charge in [0, 0.05) is 43.8 Å². The van der Waals surface area contributed by atoms with Gasteiger partial charge < -0.3 is 19.9 Å². The number of alkyl halides is 3. The van der Waals surface area contributed by atoms with Gasteiger partial charge in [0.1, 0.15) is 5.75 Å². The minimum Gasteiger partial charge on any atom is -0.496 e. The lowest BCUT2D eigenvalue weighted by molar-refractivity contribution is -0.192. The summed E-state index contributed by atoms with van der Waals surface area (Å²) >= 11 is 0. The summed E-state index contributed by atoms with van der Waals surface area (Å²) < 4.78 is 43.4. The molecule has 32 heavy (non-hydrogen) atoms. The molecule has 1 aromatic carbocycles. The first kappa shape index (κ1) is 24.3. The van der Waals surface area contributed by atoms with Crippen molar-refractivity contribution in [2.24, 2.45) is 5.92 Å². The standard InChI is InChI=1S/C20H28N2O3.C2HF3O2/c1-24-18-5-3-2-4-16(18)13-22-10-9-20(14-22)12-17(8-11-25-20)21-19(23)15-6-7-15;3-2(4,5)1(6)7/h2-5,15,17H,6-14H2,1H3,(H,21,23);(H,6,7)/t17-,20+;/m0./s1. The van der Waals surface area contributed by atoms with Crippen LogP contribution in [0.25, 0.3) is 0 Å². The van der Waals surface area contributed by atoms with E-state index < -0.39 is 12.1 Å². The van der Waals surface area contributed by atoms with E-state index in [2.05, 4.69) is 22.3 Å². The summed E-state index contributed by atoms with van der Waals surface area (Å²) in [6.07, 6.45) is -0.0433. The molecule has 1 aromatic rings. The van der Waals surface area contributed by atoms with Crippen LogP contribution in [0.5, 0.6) is 5.75 Å². The Labute approximate surface area is 184 Å². The molecule has 2 heterocycles. The molecule has 10 heteroatoms. The van der Waals surface area contributed by atoms with E-state index in [1.54, 1.807) is 7.11 Å². The number of carboxylic acid groups (broad SMARTS) is 1. The highest BCUT2D eigenvalue weighted by Crippen LogP contribution is 2.36. The Kier molecular flexibility index (Phi) is 7.66. The average Bonchev–Trinajstić information content (AvgIpc) is 3.52. The number of methoxy groups -OCH3 is 1. The minimum atomic E-state index is -5.08. The van der Waals surface area contributed by atoms with Crippen molar-refractivity contribution in [3.63, 3.8) is 0 Å². The molecular weight excluding hydrogens is 429 g/mol. The number of amides is 1. The van der Waals surface area contributed by atoms with Crippen molar-refractivity contribution >= 4 is 11.9 Å². The van der Waals surface area contributed by atoms with Gasteiger partial charge in [0.2, 0.25) is 5.91 Å². The van der Waals surface area contributed by atoms with Crippen LogP contribution in [0.4, 0.5) is 13.2 Å². The van der Waals surface area contributed by atoms with E-state index in [0.29, 0.717) is 0 Å². The van der Waals surface area contributed by atoms with Crippen LogP contribution in [0.2, 0.25) is 0 Å². The monoisotopic (exact) mass is 458 g/mol. The fourth-order valence-corrected chi connectivity index (χ4v) is 4.24. The summed E-state index contributed by atoms with van der Waals surface area (Å²) in [6, 6.07) is 8.48. The number of likely N-dealkylation sites (tertiary alicyclic amines) is 1. The van der Waals surface area contributed by atoms with E-state index in [1.807, 2.05) is 12.1 Å². The maximum absolute atomic E-state index is 12.1. The molecule has 2 aliphatic heterocycles. The van der Waals surface area contributed by atoms with Gasteiger partial charge in [0.25, 0.3) is 0 Å².